The molecule has 110 valence electrons. The summed E-state index contributed by atoms with van der Waals surface area (Å²) in [5.74, 6) is 0.833. The molecule has 8 heteroatoms. The minimum absolute atomic E-state index is 0.0611. The van der Waals surface area contributed by atoms with E-state index in [4.69, 9.17) is 16.3 Å². The van der Waals surface area contributed by atoms with Crippen molar-refractivity contribution in [1.82, 2.24) is 9.97 Å². The van der Waals surface area contributed by atoms with Crippen molar-refractivity contribution in [2.24, 2.45) is 0 Å². The number of nitro benzene ring substituents is 1. The van der Waals surface area contributed by atoms with Crippen LogP contribution in [0.5, 0.6) is 11.6 Å². The van der Waals surface area contributed by atoms with Crippen LogP contribution in [0.4, 0.5) is 5.69 Å². The molecule has 0 radical (unpaired) electrons. The Bertz CT molecular complexity index is 694. The van der Waals surface area contributed by atoms with Crippen LogP contribution in [0.1, 0.15) is 25.6 Å². The lowest BCUT2D eigenvalue weighted by molar-refractivity contribution is -0.385. The first-order valence-electron chi connectivity index (χ1n) is 6.03. The summed E-state index contributed by atoms with van der Waals surface area (Å²) in [6.07, 6.45) is 0. The van der Waals surface area contributed by atoms with Gasteiger partial charge >= 0.3 is 5.69 Å². The second kappa shape index (κ2) is 6.36. The number of rotatable bonds is 4. The van der Waals surface area contributed by atoms with Crippen molar-refractivity contribution < 1.29 is 9.66 Å². The highest BCUT2D eigenvalue weighted by molar-refractivity contribution is 9.10. The van der Waals surface area contributed by atoms with Crippen molar-refractivity contribution in [1.29, 1.82) is 0 Å². The summed E-state index contributed by atoms with van der Waals surface area (Å²) in [7, 11) is 0. The quantitative estimate of drug-likeness (QED) is 0.441. The topological polar surface area (TPSA) is 78.2 Å². The molecule has 21 heavy (non-hydrogen) atoms. The van der Waals surface area contributed by atoms with Crippen LogP contribution in [0, 0.1) is 10.1 Å². The molecule has 0 aliphatic rings. The summed E-state index contributed by atoms with van der Waals surface area (Å²) in [6, 6.07) is 5.92. The molecule has 1 aromatic carbocycles. The largest absolute Gasteiger partial charge is 0.432 e. The highest BCUT2D eigenvalue weighted by Gasteiger charge is 2.18. The van der Waals surface area contributed by atoms with Gasteiger partial charge in [0.2, 0.25) is 11.6 Å². The third-order valence-corrected chi connectivity index (χ3v) is 3.22. The Kier molecular flexibility index (Phi) is 4.74. The van der Waals surface area contributed by atoms with Gasteiger partial charge in [0.1, 0.15) is 11.0 Å². The fourth-order valence-corrected chi connectivity index (χ4v) is 2.09. The molecule has 0 amide bonds. The maximum atomic E-state index is 11.1. The van der Waals surface area contributed by atoms with Crippen LogP contribution in [-0.4, -0.2) is 14.9 Å². The van der Waals surface area contributed by atoms with Crippen molar-refractivity contribution in [2.75, 3.05) is 0 Å². The number of aromatic nitrogens is 2. The number of nitro groups is 1. The number of ether oxygens (including phenoxy) is 1. The molecule has 2 aromatic rings. The fraction of sp³-hybridized carbons (Fsp3) is 0.231. The van der Waals surface area contributed by atoms with Gasteiger partial charge in [0.05, 0.1) is 4.92 Å². The number of benzene rings is 1. The van der Waals surface area contributed by atoms with E-state index in [1.807, 2.05) is 13.8 Å². The molecular weight excluding hydrogens is 362 g/mol. The molecule has 0 saturated carbocycles. The first-order valence-corrected chi connectivity index (χ1v) is 7.20. The van der Waals surface area contributed by atoms with Gasteiger partial charge in [0.15, 0.2) is 0 Å². The number of hydrogen-bond donors (Lipinski definition) is 0. The summed E-state index contributed by atoms with van der Waals surface area (Å²) in [5.41, 5.74) is -0.162. The van der Waals surface area contributed by atoms with Gasteiger partial charge in [0.25, 0.3) is 0 Å². The summed E-state index contributed by atoms with van der Waals surface area (Å²) < 4.78 is 6.09. The lowest BCUT2D eigenvalue weighted by Gasteiger charge is -2.09. The van der Waals surface area contributed by atoms with Gasteiger partial charge < -0.3 is 4.74 Å². The van der Waals surface area contributed by atoms with Crippen LogP contribution in [0.2, 0.25) is 5.15 Å². The predicted molar refractivity (Wildman–Crippen MR) is 82.0 cm³/mol. The summed E-state index contributed by atoms with van der Waals surface area (Å²) in [6.45, 7) is 3.83. The minimum atomic E-state index is -0.522. The summed E-state index contributed by atoms with van der Waals surface area (Å²) in [5, 5.41) is 11.3. The van der Waals surface area contributed by atoms with Crippen molar-refractivity contribution in [3.05, 3.63) is 49.8 Å². The zero-order valence-electron chi connectivity index (χ0n) is 11.2. The first-order chi connectivity index (χ1) is 9.86. The maximum absolute atomic E-state index is 11.1. The van der Waals surface area contributed by atoms with Gasteiger partial charge in [0, 0.05) is 22.5 Å². The Balaban J connectivity index is 2.41. The Hall–Kier alpha value is -1.73. The van der Waals surface area contributed by atoms with Gasteiger partial charge in [-0.25, -0.2) is 4.98 Å². The number of nitrogens with zero attached hydrogens (tertiary/aromatic N) is 3. The van der Waals surface area contributed by atoms with E-state index in [1.165, 1.54) is 18.2 Å². The molecule has 0 aliphatic heterocycles. The van der Waals surface area contributed by atoms with E-state index in [1.54, 1.807) is 6.07 Å². The third-order valence-electron chi connectivity index (χ3n) is 2.54. The van der Waals surface area contributed by atoms with E-state index in [-0.39, 0.29) is 28.4 Å². The third kappa shape index (κ3) is 3.89. The Morgan fingerprint density at radius 2 is 2.05 bits per heavy atom. The molecule has 6 nitrogen and oxygen atoms in total. The molecule has 0 unspecified atom stereocenters. The second-order valence-corrected chi connectivity index (χ2v) is 5.82. The highest BCUT2D eigenvalue weighted by atomic mass is 79.9. The normalized spacial score (nSPS) is 10.7. The molecular formula is C13H11BrClN3O3. The van der Waals surface area contributed by atoms with Crippen LogP contribution >= 0.6 is 27.5 Å². The van der Waals surface area contributed by atoms with Gasteiger partial charge in [-0.1, -0.05) is 41.4 Å². The molecule has 1 aromatic heterocycles. The lowest BCUT2D eigenvalue weighted by atomic mass is 10.2. The van der Waals surface area contributed by atoms with Gasteiger partial charge in [-0.15, -0.1) is 0 Å². The monoisotopic (exact) mass is 371 g/mol. The Morgan fingerprint density at radius 1 is 1.33 bits per heavy atom. The highest BCUT2D eigenvalue weighted by Crippen LogP contribution is 2.33. The van der Waals surface area contributed by atoms with E-state index >= 15 is 0 Å². The van der Waals surface area contributed by atoms with Crippen molar-refractivity contribution in [3.8, 4) is 11.6 Å². The number of hydrogen-bond acceptors (Lipinski definition) is 5. The minimum Gasteiger partial charge on any atom is -0.432 e. The molecule has 0 atom stereocenters. The fourth-order valence-electron chi connectivity index (χ4n) is 1.56. The summed E-state index contributed by atoms with van der Waals surface area (Å²) in [4.78, 5) is 18.8. The average molecular weight is 373 g/mol. The van der Waals surface area contributed by atoms with Crippen LogP contribution in [0.3, 0.4) is 0 Å². The second-order valence-electron chi connectivity index (χ2n) is 4.51. The Labute approximate surface area is 134 Å². The van der Waals surface area contributed by atoms with Crippen LogP contribution in [0.15, 0.2) is 28.7 Å². The number of halogens is 2. The lowest BCUT2D eigenvalue weighted by Crippen LogP contribution is -2.01. The van der Waals surface area contributed by atoms with Gasteiger partial charge in [-0.3, -0.25) is 10.1 Å². The molecule has 0 aliphatic carbocycles. The van der Waals surface area contributed by atoms with Crippen LogP contribution in [-0.2, 0) is 0 Å². The summed E-state index contributed by atoms with van der Waals surface area (Å²) >= 11 is 9.10. The molecule has 0 saturated heterocycles. The molecule has 2 rings (SSSR count). The molecule has 1 heterocycles. The maximum Gasteiger partial charge on any atom is 0.312 e. The van der Waals surface area contributed by atoms with Crippen LogP contribution < -0.4 is 4.74 Å². The molecule has 0 bridgehead atoms. The molecule has 0 fully saturated rings. The van der Waals surface area contributed by atoms with E-state index in [0.29, 0.717) is 10.3 Å². The predicted octanol–water partition coefficient (Wildman–Crippen LogP) is 4.72. The van der Waals surface area contributed by atoms with Gasteiger partial charge in [-0.05, 0) is 12.1 Å². The van der Waals surface area contributed by atoms with Crippen LogP contribution in [0.25, 0.3) is 0 Å². The van der Waals surface area contributed by atoms with Crippen molar-refractivity contribution >= 4 is 33.2 Å². The van der Waals surface area contributed by atoms with Crippen molar-refractivity contribution in [3.63, 3.8) is 0 Å². The van der Waals surface area contributed by atoms with Gasteiger partial charge in [-0.2, -0.15) is 4.98 Å². The molecule has 0 N–H and O–H groups in total. The Morgan fingerprint density at radius 3 is 2.67 bits per heavy atom. The SMILES string of the molecule is CC(C)c1nc(Cl)cc(Oc2ccc(Br)cc2[N+](=O)[O-])n1. The zero-order chi connectivity index (χ0) is 15.6. The average Bonchev–Trinajstić information content (AvgIpc) is 2.40. The first kappa shape index (κ1) is 15.7. The molecule has 0 spiro atoms. The van der Waals surface area contributed by atoms with E-state index < -0.39 is 4.92 Å². The van der Waals surface area contributed by atoms with E-state index in [2.05, 4.69) is 25.9 Å². The smallest absolute Gasteiger partial charge is 0.312 e. The van der Waals surface area contributed by atoms with Crippen molar-refractivity contribution in [2.45, 2.75) is 19.8 Å². The standard InChI is InChI=1S/C13H11BrClN3O3/c1-7(2)13-16-11(15)6-12(17-13)21-10-4-3-8(14)5-9(10)18(19)20/h3-7H,1-2H3. The zero-order valence-corrected chi connectivity index (χ0v) is 13.6. The van der Waals surface area contributed by atoms with E-state index in [9.17, 15) is 10.1 Å². The van der Waals surface area contributed by atoms with E-state index in [0.717, 1.165) is 0 Å².